The monoisotopic (exact) mass is 227 g/mol. The second kappa shape index (κ2) is 5.51. The van der Waals surface area contributed by atoms with Crippen LogP contribution in [0.2, 0.25) is 0 Å². The number of hydrogen-bond donors (Lipinski definition) is 1. The van der Waals surface area contributed by atoms with Crippen LogP contribution >= 0.6 is 0 Å². The van der Waals surface area contributed by atoms with Gasteiger partial charge in [-0.05, 0) is 23.3 Å². The maximum atomic E-state index is 5.82. The van der Waals surface area contributed by atoms with E-state index in [0.29, 0.717) is 13.2 Å². The summed E-state index contributed by atoms with van der Waals surface area (Å²) in [6, 6.07) is 12.3. The van der Waals surface area contributed by atoms with Crippen LogP contribution in [-0.4, -0.2) is 6.61 Å². The van der Waals surface area contributed by atoms with Gasteiger partial charge in [0.1, 0.15) is 5.75 Å². The third-order valence-corrected chi connectivity index (χ3v) is 2.78. The Morgan fingerprint density at radius 2 is 2.00 bits per heavy atom. The molecule has 0 unspecified atom stereocenters. The maximum absolute atomic E-state index is 5.82. The average molecular weight is 227 g/mol. The Hall–Kier alpha value is -1.80. The zero-order valence-electron chi connectivity index (χ0n) is 9.86. The van der Waals surface area contributed by atoms with Crippen molar-refractivity contribution in [2.24, 2.45) is 5.73 Å². The van der Waals surface area contributed by atoms with Gasteiger partial charge in [0.25, 0.3) is 0 Å². The molecule has 0 aliphatic carbocycles. The number of ether oxygens (including phenoxy) is 1. The van der Waals surface area contributed by atoms with Crippen LogP contribution in [0.15, 0.2) is 49.1 Å². The molecule has 0 bridgehead atoms. The molecule has 0 aliphatic heterocycles. The highest BCUT2D eigenvalue weighted by molar-refractivity contribution is 5.87. The lowest BCUT2D eigenvalue weighted by Gasteiger charge is -2.12. The number of benzene rings is 2. The van der Waals surface area contributed by atoms with Crippen LogP contribution in [0.1, 0.15) is 12.0 Å². The fourth-order valence-corrected chi connectivity index (χ4v) is 1.91. The first-order chi connectivity index (χ1) is 8.36. The molecule has 0 radical (unpaired) electrons. The molecule has 0 aromatic heterocycles. The fourth-order valence-electron chi connectivity index (χ4n) is 1.91. The van der Waals surface area contributed by atoms with E-state index in [2.05, 4.69) is 24.8 Å². The predicted molar refractivity (Wildman–Crippen MR) is 72.1 cm³/mol. The molecule has 0 fully saturated rings. The summed E-state index contributed by atoms with van der Waals surface area (Å²) in [5.74, 6) is 0.882. The zero-order chi connectivity index (χ0) is 12.1. The fraction of sp³-hybridized carbons (Fsp3) is 0.200. The SMILES string of the molecule is C=CCCOc1ccc2ccccc2c1CN. The summed E-state index contributed by atoms with van der Waals surface area (Å²) in [6.45, 7) is 4.82. The molecular weight excluding hydrogens is 210 g/mol. The minimum Gasteiger partial charge on any atom is -0.493 e. The molecule has 0 spiro atoms. The first-order valence-electron chi connectivity index (χ1n) is 5.81. The quantitative estimate of drug-likeness (QED) is 0.628. The number of fused-ring (bicyclic) bond motifs is 1. The molecular formula is C15H17NO. The predicted octanol–water partition coefficient (Wildman–Crippen LogP) is 3.25. The van der Waals surface area contributed by atoms with Gasteiger partial charge in [0.05, 0.1) is 6.61 Å². The van der Waals surface area contributed by atoms with E-state index >= 15 is 0 Å². The first kappa shape index (κ1) is 11.7. The zero-order valence-corrected chi connectivity index (χ0v) is 9.86. The highest BCUT2D eigenvalue weighted by atomic mass is 16.5. The molecule has 2 heteroatoms. The number of hydrogen-bond acceptors (Lipinski definition) is 2. The van der Waals surface area contributed by atoms with E-state index in [1.165, 1.54) is 10.8 Å². The highest BCUT2D eigenvalue weighted by Crippen LogP contribution is 2.27. The molecule has 88 valence electrons. The molecule has 2 nitrogen and oxygen atoms in total. The summed E-state index contributed by atoms with van der Waals surface area (Å²) in [4.78, 5) is 0. The minimum absolute atomic E-state index is 0.491. The number of nitrogens with two attached hydrogens (primary N) is 1. The Morgan fingerprint density at radius 1 is 1.18 bits per heavy atom. The van der Waals surface area contributed by atoms with Crippen LogP contribution in [0.3, 0.4) is 0 Å². The van der Waals surface area contributed by atoms with Crippen molar-refractivity contribution < 1.29 is 4.74 Å². The van der Waals surface area contributed by atoms with Crippen molar-refractivity contribution in [1.82, 2.24) is 0 Å². The van der Waals surface area contributed by atoms with E-state index in [-0.39, 0.29) is 0 Å². The van der Waals surface area contributed by atoms with Gasteiger partial charge in [-0.15, -0.1) is 6.58 Å². The van der Waals surface area contributed by atoms with E-state index in [1.54, 1.807) is 0 Å². The molecule has 0 amide bonds. The van der Waals surface area contributed by atoms with Crippen LogP contribution in [0.25, 0.3) is 10.8 Å². The van der Waals surface area contributed by atoms with E-state index in [9.17, 15) is 0 Å². The van der Waals surface area contributed by atoms with Crippen molar-refractivity contribution in [2.75, 3.05) is 6.61 Å². The van der Waals surface area contributed by atoms with Crippen LogP contribution in [0.5, 0.6) is 5.75 Å². The highest BCUT2D eigenvalue weighted by Gasteiger charge is 2.06. The van der Waals surface area contributed by atoms with Gasteiger partial charge in [0.2, 0.25) is 0 Å². The second-order valence-corrected chi connectivity index (χ2v) is 3.89. The molecule has 0 aliphatic rings. The lowest BCUT2D eigenvalue weighted by Crippen LogP contribution is -2.04. The van der Waals surface area contributed by atoms with E-state index in [0.717, 1.165) is 17.7 Å². The van der Waals surface area contributed by atoms with Crippen molar-refractivity contribution >= 4 is 10.8 Å². The summed E-state index contributed by atoms with van der Waals surface area (Å²) in [5, 5.41) is 2.37. The summed E-state index contributed by atoms with van der Waals surface area (Å²) < 4.78 is 5.73. The third kappa shape index (κ3) is 2.48. The maximum Gasteiger partial charge on any atom is 0.124 e. The van der Waals surface area contributed by atoms with Gasteiger partial charge < -0.3 is 10.5 Å². The normalized spacial score (nSPS) is 10.4. The standard InChI is InChI=1S/C15H17NO/c1-2-3-10-17-15-9-8-12-6-4-5-7-13(12)14(15)11-16/h2,4-9H,1,3,10-11,16H2. The Balaban J connectivity index is 2.38. The summed E-state index contributed by atoms with van der Waals surface area (Å²) in [7, 11) is 0. The Labute approximate surface area is 102 Å². The Morgan fingerprint density at radius 3 is 2.76 bits per heavy atom. The van der Waals surface area contributed by atoms with Crippen LogP contribution in [0.4, 0.5) is 0 Å². The van der Waals surface area contributed by atoms with Gasteiger partial charge in [-0.1, -0.05) is 36.4 Å². The molecule has 2 aromatic carbocycles. The van der Waals surface area contributed by atoms with Crippen molar-refractivity contribution in [1.29, 1.82) is 0 Å². The molecule has 0 saturated heterocycles. The topological polar surface area (TPSA) is 35.2 Å². The lowest BCUT2D eigenvalue weighted by atomic mass is 10.0. The third-order valence-electron chi connectivity index (χ3n) is 2.78. The van der Waals surface area contributed by atoms with Crippen LogP contribution < -0.4 is 10.5 Å². The first-order valence-corrected chi connectivity index (χ1v) is 5.81. The van der Waals surface area contributed by atoms with E-state index < -0.39 is 0 Å². The van der Waals surface area contributed by atoms with Gasteiger partial charge in [-0.2, -0.15) is 0 Å². The average Bonchev–Trinajstić information content (AvgIpc) is 2.38. The molecule has 0 heterocycles. The van der Waals surface area contributed by atoms with Gasteiger partial charge in [0, 0.05) is 12.1 Å². The Bertz CT molecular complexity index is 519. The van der Waals surface area contributed by atoms with Crippen molar-refractivity contribution in [3.05, 3.63) is 54.6 Å². The molecule has 17 heavy (non-hydrogen) atoms. The van der Waals surface area contributed by atoms with Crippen molar-refractivity contribution in [3.63, 3.8) is 0 Å². The minimum atomic E-state index is 0.491. The van der Waals surface area contributed by atoms with Gasteiger partial charge in [-0.3, -0.25) is 0 Å². The van der Waals surface area contributed by atoms with Gasteiger partial charge >= 0.3 is 0 Å². The smallest absolute Gasteiger partial charge is 0.124 e. The summed E-state index contributed by atoms with van der Waals surface area (Å²) in [6.07, 6.45) is 2.69. The van der Waals surface area contributed by atoms with Crippen LogP contribution in [0, 0.1) is 0 Å². The largest absolute Gasteiger partial charge is 0.493 e. The molecule has 2 aromatic rings. The van der Waals surface area contributed by atoms with E-state index in [4.69, 9.17) is 10.5 Å². The van der Waals surface area contributed by atoms with Crippen molar-refractivity contribution in [3.8, 4) is 5.75 Å². The second-order valence-electron chi connectivity index (χ2n) is 3.89. The number of rotatable bonds is 5. The van der Waals surface area contributed by atoms with Crippen LogP contribution in [-0.2, 0) is 6.54 Å². The Kier molecular flexibility index (Phi) is 3.78. The molecule has 0 saturated carbocycles. The molecule has 2 rings (SSSR count). The summed E-state index contributed by atoms with van der Waals surface area (Å²) >= 11 is 0. The van der Waals surface area contributed by atoms with Crippen molar-refractivity contribution in [2.45, 2.75) is 13.0 Å². The molecule has 0 atom stereocenters. The lowest BCUT2D eigenvalue weighted by molar-refractivity contribution is 0.322. The van der Waals surface area contributed by atoms with E-state index in [1.807, 2.05) is 24.3 Å². The van der Waals surface area contributed by atoms with Gasteiger partial charge in [0.15, 0.2) is 0 Å². The molecule has 2 N–H and O–H groups in total. The van der Waals surface area contributed by atoms with Gasteiger partial charge in [-0.25, -0.2) is 0 Å². The summed E-state index contributed by atoms with van der Waals surface area (Å²) in [5.41, 5.74) is 6.90.